The molecule has 0 unspecified atom stereocenters. The molecule has 0 aromatic heterocycles. The zero-order valence-corrected chi connectivity index (χ0v) is 13.4. The van der Waals surface area contributed by atoms with Crippen molar-refractivity contribution in [3.05, 3.63) is 71.9 Å². The van der Waals surface area contributed by atoms with Gasteiger partial charge in [0.25, 0.3) is 0 Å². The van der Waals surface area contributed by atoms with E-state index < -0.39 is 0 Å². The van der Waals surface area contributed by atoms with Gasteiger partial charge < -0.3 is 14.8 Å². The zero-order chi connectivity index (χ0) is 16.5. The van der Waals surface area contributed by atoms with Crippen LogP contribution in [0.25, 0.3) is 0 Å². The van der Waals surface area contributed by atoms with Crippen molar-refractivity contribution in [3.63, 3.8) is 0 Å². The van der Waals surface area contributed by atoms with Gasteiger partial charge in [-0.2, -0.15) is 0 Å². The van der Waals surface area contributed by atoms with Crippen LogP contribution in [0.1, 0.15) is 19.4 Å². The number of nitrogens with one attached hydrogen (secondary N) is 1. The number of anilines is 1. The Hall–Kier alpha value is -2.75. The Balaban J connectivity index is 1.95. The summed E-state index contributed by atoms with van der Waals surface area (Å²) in [5.41, 5.74) is 2.68. The van der Waals surface area contributed by atoms with Crippen molar-refractivity contribution >= 4 is 11.7 Å². The Morgan fingerprint density at radius 2 is 1.91 bits per heavy atom. The van der Waals surface area contributed by atoms with Gasteiger partial charge in [0, 0.05) is 23.5 Å². The first kappa shape index (κ1) is 16.6. The lowest BCUT2D eigenvalue weighted by Crippen LogP contribution is -2.04. The first-order chi connectivity index (χ1) is 11.2. The maximum Gasteiger partial charge on any atom is 0.332 e. The second-order valence-electron chi connectivity index (χ2n) is 5.01. The average molecular weight is 311 g/mol. The molecule has 4 heteroatoms. The molecule has 2 aromatic rings. The lowest BCUT2D eigenvalue weighted by Gasteiger charge is -2.10. The van der Waals surface area contributed by atoms with Crippen molar-refractivity contribution in [3.8, 4) is 5.75 Å². The number of allylic oxidation sites excluding steroid dienone is 1. The van der Waals surface area contributed by atoms with Crippen molar-refractivity contribution in [1.29, 1.82) is 0 Å². The van der Waals surface area contributed by atoms with E-state index in [1.165, 1.54) is 6.08 Å². The predicted molar refractivity (Wildman–Crippen MR) is 91.2 cm³/mol. The Morgan fingerprint density at radius 1 is 1.13 bits per heavy atom. The third-order valence-electron chi connectivity index (χ3n) is 3.04. The van der Waals surface area contributed by atoms with E-state index in [1.807, 2.05) is 61.5 Å². The molecular weight excluding hydrogens is 290 g/mol. The Bertz CT molecular complexity index is 665. The molecule has 0 atom stereocenters. The summed E-state index contributed by atoms with van der Waals surface area (Å²) in [6.45, 7) is 4.48. The normalized spacial score (nSPS) is 11.0. The maximum atomic E-state index is 11.4. The fourth-order valence-electron chi connectivity index (χ4n) is 2.03. The third kappa shape index (κ3) is 5.87. The third-order valence-corrected chi connectivity index (χ3v) is 3.04. The molecule has 0 aliphatic carbocycles. The van der Waals surface area contributed by atoms with Crippen LogP contribution < -0.4 is 10.1 Å². The molecule has 0 fully saturated rings. The lowest BCUT2D eigenvalue weighted by atomic mass is 10.2. The van der Waals surface area contributed by atoms with Crippen LogP contribution in [0, 0.1) is 0 Å². The van der Waals surface area contributed by atoms with E-state index in [2.05, 4.69) is 5.32 Å². The molecule has 0 bridgehead atoms. The Kier molecular flexibility index (Phi) is 6.24. The molecule has 1 N–H and O–H groups in total. The highest BCUT2D eigenvalue weighted by atomic mass is 16.5. The SMILES string of the molecule is CCOC(=O)/C=C(/C)Nc1cccc(OCc2ccccc2)c1. The van der Waals surface area contributed by atoms with E-state index in [9.17, 15) is 4.79 Å². The molecule has 0 saturated heterocycles. The molecule has 2 aromatic carbocycles. The minimum Gasteiger partial charge on any atom is -0.489 e. The van der Waals surface area contributed by atoms with Crippen LogP contribution in [-0.2, 0) is 16.1 Å². The van der Waals surface area contributed by atoms with Crippen molar-refractivity contribution in [2.45, 2.75) is 20.5 Å². The van der Waals surface area contributed by atoms with Gasteiger partial charge in [-0.1, -0.05) is 36.4 Å². The number of carbonyl (C=O) groups excluding carboxylic acids is 1. The van der Waals surface area contributed by atoms with Gasteiger partial charge in [0.05, 0.1) is 6.61 Å². The molecule has 0 amide bonds. The van der Waals surface area contributed by atoms with Gasteiger partial charge in [0.1, 0.15) is 12.4 Å². The summed E-state index contributed by atoms with van der Waals surface area (Å²) in [5.74, 6) is 0.414. The van der Waals surface area contributed by atoms with E-state index in [-0.39, 0.29) is 5.97 Å². The predicted octanol–water partition coefficient (Wildman–Crippen LogP) is 4.14. The summed E-state index contributed by atoms with van der Waals surface area (Å²) in [6.07, 6.45) is 1.43. The largest absolute Gasteiger partial charge is 0.489 e. The molecule has 0 aliphatic heterocycles. The van der Waals surface area contributed by atoms with Gasteiger partial charge in [0.2, 0.25) is 0 Å². The maximum absolute atomic E-state index is 11.4. The topological polar surface area (TPSA) is 47.6 Å². The van der Waals surface area contributed by atoms with Crippen LogP contribution >= 0.6 is 0 Å². The number of esters is 1. The number of rotatable bonds is 7. The molecule has 2 rings (SSSR count). The number of hydrogen-bond donors (Lipinski definition) is 1. The summed E-state index contributed by atoms with van der Waals surface area (Å²) < 4.78 is 10.7. The second kappa shape index (κ2) is 8.63. The highest BCUT2D eigenvalue weighted by molar-refractivity contribution is 5.83. The average Bonchev–Trinajstić information content (AvgIpc) is 2.54. The molecule has 120 valence electrons. The van der Waals surface area contributed by atoms with Gasteiger partial charge in [-0.25, -0.2) is 4.79 Å². The Morgan fingerprint density at radius 3 is 2.65 bits per heavy atom. The van der Waals surface area contributed by atoms with E-state index in [0.29, 0.717) is 18.9 Å². The first-order valence-corrected chi connectivity index (χ1v) is 7.56. The van der Waals surface area contributed by atoms with Crippen LogP contribution in [-0.4, -0.2) is 12.6 Å². The number of ether oxygens (including phenoxy) is 2. The van der Waals surface area contributed by atoms with E-state index in [4.69, 9.17) is 9.47 Å². The summed E-state index contributed by atoms with van der Waals surface area (Å²) in [5, 5.41) is 3.15. The molecule has 0 saturated carbocycles. The molecular formula is C19H21NO3. The van der Waals surface area contributed by atoms with Crippen LogP contribution in [0.4, 0.5) is 5.69 Å². The Labute approximate surface area is 136 Å². The zero-order valence-electron chi connectivity index (χ0n) is 13.4. The van der Waals surface area contributed by atoms with Gasteiger partial charge in [-0.05, 0) is 31.5 Å². The van der Waals surface area contributed by atoms with Crippen LogP contribution in [0.5, 0.6) is 5.75 Å². The van der Waals surface area contributed by atoms with Crippen LogP contribution in [0.3, 0.4) is 0 Å². The summed E-state index contributed by atoms with van der Waals surface area (Å²) in [6, 6.07) is 17.6. The molecule has 0 radical (unpaired) electrons. The van der Waals surface area contributed by atoms with E-state index in [0.717, 1.165) is 17.0 Å². The molecule has 23 heavy (non-hydrogen) atoms. The minimum absolute atomic E-state index is 0.353. The fraction of sp³-hybridized carbons (Fsp3) is 0.211. The standard InChI is InChI=1S/C19H21NO3/c1-3-22-19(21)12-15(2)20-17-10-7-11-18(13-17)23-14-16-8-5-4-6-9-16/h4-13,20H,3,14H2,1-2H3/b15-12-. The summed E-state index contributed by atoms with van der Waals surface area (Å²) in [4.78, 5) is 11.4. The summed E-state index contributed by atoms with van der Waals surface area (Å²) >= 11 is 0. The van der Waals surface area contributed by atoms with Crippen LogP contribution in [0.2, 0.25) is 0 Å². The quantitative estimate of drug-likeness (QED) is 0.616. The van der Waals surface area contributed by atoms with Crippen LogP contribution in [0.15, 0.2) is 66.4 Å². The monoisotopic (exact) mass is 311 g/mol. The molecule has 0 heterocycles. The molecule has 0 aliphatic rings. The summed E-state index contributed by atoms with van der Waals surface area (Å²) in [7, 11) is 0. The van der Waals surface area contributed by atoms with Crippen molar-refractivity contribution in [2.75, 3.05) is 11.9 Å². The molecule has 4 nitrogen and oxygen atoms in total. The van der Waals surface area contributed by atoms with Crippen molar-refractivity contribution < 1.29 is 14.3 Å². The van der Waals surface area contributed by atoms with Gasteiger partial charge in [-0.3, -0.25) is 0 Å². The number of benzene rings is 2. The second-order valence-corrected chi connectivity index (χ2v) is 5.01. The number of hydrogen-bond acceptors (Lipinski definition) is 4. The molecule has 0 spiro atoms. The van der Waals surface area contributed by atoms with Crippen molar-refractivity contribution in [2.24, 2.45) is 0 Å². The van der Waals surface area contributed by atoms with Crippen molar-refractivity contribution in [1.82, 2.24) is 0 Å². The smallest absolute Gasteiger partial charge is 0.332 e. The van der Waals surface area contributed by atoms with E-state index in [1.54, 1.807) is 6.92 Å². The highest BCUT2D eigenvalue weighted by Gasteiger charge is 2.01. The van der Waals surface area contributed by atoms with Gasteiger partial charge in [0.15, 0.2) is 0 Å². The lowest BCUT2D eigenvalue weighted by molar-refractivity contribution is -0.137. The van der Waals surface area contributed by atoms with Gasteiger partial charge >= 0.3 is 5.97 Å². The number of carbonyl (C=O) groups is 1. The fourth-order valence-corrected chi connectivity index (χ4v) is 2.03. The van der Waals surface area contributed by atoms with Gasteiger partial charge in [-0.15, -0.1) is 0 Å². The first-order valence-electron chi connectivity index (χ1n) is 7.56. The minimum atomic E-state index is -0.353. The highest BCUT2D eigenvalue weighted by Crippen LogP contribution is 2.19. The van der Waals surface area contributed by atoms with E-state index >= 15 is 0 Å².